The fourth-order valence-electron chi connectivity index (χ4n) is 2.05. The zero-order chi connectivity index (χ0) is 15.1. The summed E-state index contributed by atoms with van der Waals surface area (Å²) in [6, 6.07) is 7.77. The van der Waals surface area contributed by atoms with Crippen LogP contribution in [0, 0.1) is 24.2 Å². The van der Waals surface area contributed by atoms with Crippen LogP contribution in [0.1, 0.15) is 29.8 Å². The first-order chi connectivity index (χ1) is 9.51. The number of nitriles is 1. The number of methoxy groups -OCH3 is 1. The molecule has 0 aliphatic rings. The summed E-state index contributed by atoms with van der Waals surface area (Å²) in [5.74, 6) is 0.552. The number of nitrogens with zero attached hydrogens (tertiary/aromatic N) is 2. The first-order valence-corrected chi connectivity index (χ1v) is 6.81. The van der Waals surface area contributed by atoms with E-state index in [-0.39, 0.29) is 11.7 Å². The number of benzene rings is 1. The highest BCUT2D eigenvalue weighted by Crippen LogP contribution is 2.20. The standard InChI is InChI=1S/C16H22N2O2/c1-5-18(10-13(3)9-17)11-15(19)14-7-6-12(2)8-16(14)20-4/h6-8,13H,5,10-11H2,1-4H3. The lowest BCUT2D eigenvalue weighted by molar-refractivity contribution is 0.0926. The number of ketones is 1. The van der Waals surface area contributed by atoms with Gasteiger partial charge < -0.3 is 4.74 Å². The molecule has 1 atom stereocenters. The first-order valence-electron chi connectivity index (χ1n) is 6.81. The van der Waals surface area contributed by atoms with Crippen molar-refractivity contribution in [1.29, 1.82) is 5.26 Å². The number of hydrogen-bond donors (Lipinski definition) is 0. The summed E-state index contributed by atoms with van der Waals surface area (Å²) in [6.45, 7) is 7.47. The average Bonchev–Trinajstić information content (AvgIpc) is 2.45. The number of carbonyl (C=O) groups is 1. The minimum absolute atomic E-state index is 0.0221. The molecule has 0 aliphatic carbocycles. The Morgan fingerprint density at radius 1 is 1.50 bits per heavy atom. The Labute approximate surface area is 121 Å². The van der Waals surface area contributed by atoms with Crippen LogP contribution in [0.15, 0.2) is 18.2 Å². The predicted octanol–water partition coefficient (Wildman–Crippen LogP) is 2.67. The van der Waals surface area contributed by atoms with Gasteiger partial charge in [-0.15, -0.1) is 0 Å². The normalized spacial score (nSPS) is 12.0. The number of Topliss-reactive ketones (excluding diaryl/α,β-unsaturated/α-hetero) is 1. The maximum Gasteiger partial charge on any atom is 0.180 e. The quantitative estimate of drug-likeness (QED) is 0.717. The number of carbonyl (C=O) groups excluding carboxylic acids is 1. The third-order valence-corrected chi connectivity index (χ3v) is 3.22. The molecule has 1 rings (SSSR count). The fourth-order valence-corrected chi connectivity index (χ4v) is 2.05. The summed E-state index contributed by atoms with van der Waals surface area (Å²) in [4.78, 5) is 14.4. The molecule has 0 heterocycles. The molecule has 0 bridgehead atoms. The molecule has 0 fully saturated rings. The highest BCUT2D eigenvalue weighted by molar-refractivity contribution is 6.00. The van der Waals surface area contributed by atoms with Crippen molar-refractivity contribution < 1.29 is 9.53 Å². The smallest absolute Gasteiger partial charge is 0.180 e. The summed E-state index contributed by atoms with van der Waals surface area (Å²) in [7, 11) is 1.57. The Hall–Kier alpha value is -1.86. The molecule has 0 aliphatic heterocycles. The largest absolute Gasteiger partial charge is 0.496 e. The molecule has 1 aromatic carbocycles. The molecule has 0 N–H and O–H groups in total. The molecular formula is C16H22N2O2. The summed E-state index contributed by atoms with van der Waals surface area (Å²) in [5.41, 5.74) is 1.66. The first kappa shape index (κ1) is 16.2. The number of aryl methyl sites for hydroxylation is 1. The van der Waals surface area contributed by atoms with E-state index in [0.717, 1.165) is 12.1 Å². The Bertz CT molecular complexity index is 506. The van der Waals surface area contributed by atoms with Crippen molar-refractivity contribution in [2.45, 2.75) is 20.8 Å². The van der Waals surface area contributed by atoms with Crippen molar-refractivity contribution in [3.05, 3.63) is 29.3 Å². The van der Waals surface area contributed by atoms with Crippen LogP contribution in [-0.2, 0) is 0 Å². The van der Waals surface area contributed by atoms with Crippen LogP contribution in [0.3, 0.4) is 0 Å². The zero-order valence-corrected chi connectivity index (χ0v) is 12.6. The SMILES string of the molecule is CCN(CC(=O)c1ccc(C)cc1OC)CC(C)C#N. The molecule has 0 saturated carbocycles. The van der Waals surface area contributed by atoms with Gasteiger partial charge in [0.25, 0.3) is 0 Å². The van der Waals surface area contributed by atoms with Gasteiger partial charge in [0.2, 0.25) is 0 Å². The van der Waals surface area contributed by atoms with Crippen LogP contribution < -0.4 is 4.74 Å². The zero-order valence-electron chi connectivity index (χ0n) is 12.6. The summed E-state index contributed by atoms with van der Waals surface area (Å²) < 4.78 is 5.27. The average molecular weight is 274 g/mol. The van der Waals surface area contributed by atoms with Crippen molar-refractivity contribution in [1.82, 2.24) is 4.90 Å². The van der Waals surface area contributed by atoms with Crippen molar-refractivity contribution in [3.63, 3.8) is 0 Å². The third kappa shape index (κ3) is 4.36. The summed E-state index contributed by atoms with van der Waals surface area (Å²) in [5, 5.41) is 8.86. The molecule has 0 radical (unpaired) electrons. The van der Waals surface area contributed by atoms with Crippen LogP contribution in [-0.4, -0.2) is 37.4 Å². The number of rotatable bonds is 7. The van der Waals surface area contributed by atoms with Gasteiger partial charge in [0.1, 0.15) is 5.75 Å². The van der Waals surface area contributed by atoms with Gasteiger partial charge in [0.15, 0.2) is 5.78 Å². The van der Waals surface area contributed by atoms with Crippen LogP contribution in [0.4, 0.5) is 0 Å². The van der Waals surface area contributed by atoms with Crippen molar-refractivity contribution in [2.24, 2.45) is 5.92 Å². The van der Waals surface area contributed by atoms with Crippen molar-refractivity contribution in [3.8, 4) is 11.8 Å². The van der Waals surface area contributed by atoms with Crippen molar-refractivity contribution in [2.75, 3.05) is 26.7 Å². The molecule has 1 aromatic rings. The fraction of sp³-hybridized carbons (Fsp3) is 0.500. The maximum absolute atomic E-state index is 12.4. The molecule has 4 nitrogen and oxygen atoms in total. The Morgan fingerprint density at radius 2 is 2.20 bits per heavy atom. The predicted molar refractivity (Wildman–Crippen MR) is 79.0 cm³/mol. The molecule has 4 heteroatoms. The van der Waals surface area contributed by atoms with Crippen LogP contribution in [0.5, 0.6) is 5.75 Å². The maximum atomic E-state index is 12.4. The Morgan fingerprint density at radius 3 is 2.75 bits per heavy atom. The van der Waals surface area contributed by atoms with E-state index in [2.05, 4.69) is 6.07 Å². The van der Waals surface area contributed by atoms with Gasteiger partial charge in [0.05, 0.1) is 31.2 Å². The van der Waals surface area contributed by atoms with E-state index in [1.54, 1.807) is 13.2 Å². The topological polar surface area (TPSA) is 53.3 Å². The number of ether oxygens (including phenoxy) is 1. The molecule has 0 spiro atoms. The monoisotopic (exact) mass is 274 g/mol. The number of hydrogen-bond acceptors (Lipinski definition) is 4. The lowest BCUT2D eigenvalue weighted by Crippen LogP contribution is -2.33. The molecule has 108 valence electrons. The Balaban J connectivity index is 2.82. The minimum Gasteiger partial charge on any atom is -0.496 e. The summed E-state index contributed by atoms with van der Waals surface area (Å²) in [6.07, 6.45) is 0. The highest BCUT2D eigenvalue weighted by atomic mass is 16.5. The second-order valence-electron chi connectivity index (χ2n) is 4.98. The van der Waals surface area contributed by atoms with Gasteiger partial charge in [-0.25, -0.2) is 0 Å². The Kier molecular flexibility index (Phi) is 6.20. The molecule has 20 heavy (non-hydrogen) atoms. The van der Waals surface area contributed by atoms with Gasteiger partial charge >= 0.3 is 0 Å². The van der Waals surface area contributed by atoms with E-state index >= 15 is 0 Å². The minimum atomic E-state index is -0.0809. The van der Waals surface area contributed by atoms with E-state index in [9.17, 15) is 4.79 Å². The molecule has 1 unspecified atom stereocenters. The molecule has 0 saturated heterocycles. The second kappa shape index (κ2) is 7.66. The number of likely N-dealkylation sites (N-methyl/N-ethyl adjacent to an activating group) is 1. The van der Waals surface area contributed by atoms with E-state index in [4.69, 9.17) is 10.00 Å². The van der Waals surface area contributed by atoms with Crippen LogP contribution in [0.2, 0.25) is 0 Å². The van der Waals surface area contributed by atoms with E-state index in [0.29, 0.717) is 24.4 Å². The van der Waals surface area contributed by atoms with E-state index in [1.807, 2.05) is 37.8 Å². The van der Waals surface area contributed by atoms with Gasteiger partial charge in [-0.1, -0.05) is 13.0 Å². The van der Waals surface area contributed by atoms with Gasteiger partial charge in [-0.05, 0) is 38.1 Å². The van der Waals surface area contributed by atoms with E-state index in [1.165, 1.54) is 0 Å². The third-order valence-electron chi connectivity index (χ3n) is 3.22. The second-order valence-corrected chi connectivity index (χ2v) is 4.98. The lowest BCUT2D eigenvalue weighted by atomic mass is 10.1. The van der Waals surface area contributed by atoms with Gasteiger partial charge in [-0.2, -0.15) is 5.26 Å². The van der Waals surface area contributed by atoms with Crippen LogP contribution in [0.25, 0.3) is 0 Å². The van der Waals surface area contributed by atoms with Gasteiger partial charge in [0, 0.05) is 6.54 Å². The summed E-state index contributed by atoms with van der Waals surface area (Å²) >= 11 is 0. The van der Waals surface area contributed by atoms with Crippen LogP contribution >= 0.6 is 0 Å². The molecule has 0 aromatic heterocycles. The van der Waals surface area contributed by atoms with Gasteiger partial charge in [-0.3, -0.25) is 9.69 Å². The lowest BCUT2D eigenvalue weighted by Gasteiger charge is -2.21. The molecular weight excluding hydrogens is 252 g/mol. The highest BCUT2D eigenvalue weighted by Gasteiger charge is 2.17. The van der Waals surface area contributed by atoms with E-state index < -0.39 is 0 Å². The molecule has 0 amide bonds. The van der Waals surface area contributed by atoms with Crippen molar-refractivity contribution >= 4 is 5.78 Å².